The number of H-pyrrole nitrogens is 2. The van der Waals surface area contributed by atoms with Crippen molar-refractivity contribution < 1.29 is 28.7 Å². The number of hydrogen-bond acceptors (Lipinski definition) is 9. The zero-order chi connectivity index (χ0) is 37.8. The molecule has 282 valence electrons. The number of hydrogen-bond donors (Lipinski definition) is 4. The number of methoxy groups -OCH3 is 2. The van der Waals surface area contributed by atoms with E-state index < -0.39 is 24.3 Å². The third-order valence-corrected chi connectivity index (χ3v) is 11.2. The molecule has 4 amide bonds. The molecule has 53 heavy (non-hydrogen) atoms. The van der Waals surface area contributed by atoms with Crippen molar-refractivity contribution in [3.05, 3.63) is 60.4 Å². The number of nitrogens with one attached hydrogen (secondary N) is 4. The second-order valence-corrected chi connectivity index (χ2v) is 15.3. The van der Waals surface area contributed by atoms with Crippen LogP contribution in [0.2, 0.25) is 0 Å². The van der Waals surface area contributed by atoms with Gasteiger partial charge in [0.05, 0.1) is 55.0 Å². The quantitative estimate of drug-likeness (QED) is 0.139. The first-order valence-corrected chi connectivity index (χ1v) is 18.9. The van der Waals surface area contributed by atoms with Crippen LogP contribution in [0.5, 0.6) is 0 Å². The zero-order valence-corrected chi connectivity index (χ0v) is 31.8. The maximum atomic E-state index is 13.5. The summed E-state index contributed by atoms with van der Waals surface area (Å²) in [6.07, 6.45) is 5.63. The molecule has 6 rings (SSSR count). The molecule has 4 N–H and O–H groups in total. The predicted octanol–water partition coefficient (Wildman–Crippen LogP) is 6.28. The molecule has 4 atom stereocenters. The Bertz CT molecular complexity index is 1920. The van der Waals surface area contributed by atoms with Crippen LogP contribution in [-0.2, 0) is 19.1 Å². The van der Waals surface area contributed by atoms with Crippen LogP contribution < -0.4 is 10.6 Å². The van der Waals surface area contributed by atoms with Crippen LogP contribution in [0.3, 0.4) is 0 Å². The fourth-order valence-electron chi connectivity index (χ4n) is 7.12. The van der Waals surface area contributed by atoms with Gasteiger partial charge in [0.2, 0.25) is 11.8 Å². The van der Waals surface area contributed by atoms with Gasteiger partial charge >= 0.3 is 12.2 Å². The van der Waals surface area contributed by atoms with E-state index in [1.54, 1.807) is 22.4 Å². The number of ether oxygens (including phenoxy) is 2. The molecular weight excluding hydrogens is 697 g/mol. The Kier molecular flexibility index (Phi) is 11.5. The van der Waals surface area contributed by atoms with Gasteiger partial charge in [-0.2, -0.15) is 0 Å². The summed E-state index contributed by atoms with van der Waals surface area (Å²) in [6, 6.07) is 10.6. The molecular formula is C38H48N8O6S. The number of benzene rings is 1. The first-order chi connectivity index (χ1) is 25.5. The van der Waals surface area contributed by atoms with E-state index in [-0.39, 0.29) is 35.7 Å². The van der Waals surface area contributed by atoms with Gasteiger partial charge in [-0.1, -0.05) is 52.0 Å². The SMILES string of the molecule is COC(=O)N[C@H](C(=O)N1CCC[C@H]1c1ncc(-c2ccc(-c3ccc(-c4cnc([C@@H]5CCCN5C(=O)[C@@H](NC(=O)OC)C(C)C)[nH]4)s3)cc2)[nH]1)C(C)C. The van der Waals surface area contributed by atoms with Crippen LogP contribution in [0.15, 0.2) is 48.8 Å². The predicted molar refractivity (Wildman–Crippen MR) is 201 cm³/mol. The summed E-state index contributed by atoms with van der Waals surface area (Å²) < 4.78 is 9.50. The van der Waals surface area contributed by atoms with Gasteiger partial charge in [0.1, 0.15) is 23.7 Å². The highest BCUT2D eigenvalue weighted by atomic mass is 32.1. The molecule has 4 aromatic rings. The molecule has 2 saturated heterocycles. The van der Waals surface area contributed by atoms with Gasteiger partial charge in [0, 0.05) is 18.0 Å². The fraction of sp³-hybridized carbons (Fsp3) is 0.474. The molecule has 1 aromatic carbocycles. The average molecular weight is 745 g/mol. The Morgan fingerprint density at radius 1 is 0.698 bits per heavy atom. The number of nitrogens with zero attached hydrogens (tertiary/aromatic N) is 4. The summed E-state index contributed by atoms with van der Waals surface area (Å²) in [7, 11) is 2.58. The third-order valence-electron chi connectivity index (χ3n) is 10.0. The lowest BCUT2D eigenvalue weighted by atomic mass is 10.0. The molecule has 0 unspecified atom stereocenters. The number of imidazole rings is 2. The van der Waals surface area contributed by atoms with Crippen LogP contribution in [0, 0.1) is 11.8 Å². The number of alkyl carbamates (subject to hydrolysis) is 2. The van der Waals surface area contributed by atoms with E-state index in [0.29, 0.717) is 13.1 Å². The van der Waals surface area contributed by atoms with E-state index in [9.17, 15) is 19.2 Å². The van der Waals surface area contributed by atoms with Crippen LogP contribution in [-0.4, -0.2) is 93.1 Å². The van der Waals surface area contributed by atoms with Crippen LogP contribution in [0.25, 0.3) is 32.3 Å². The van der Waals surface area contributed by atoms with Crippen LogP contribution in [0.1, 0.15) is 77.1 Å². The van der Waals surface area contributed by atoms with E-state index in [0.717, 1.165) is 69.6 Å². The molecule has 0 spiro atoms. The molecule has 14 nitrogen and oxygen atoms in total. The number of carbonyl (C=O) groups is 4. The highest BCUT2D eigenvalue weighted by Gasteiger charge is 2.39. The Hall–Kier alpha value is -5.18. The minimum absolute atomic E-state index is 0.104. The second kappa shape index (κ2) is 16.2. The lowest BCUT2D eigenvalue weighted by molar-refractivity contribution is -0.136. The molecule has 0 aliphatic carbocycles. The van der Waals surface area contributed by atoms with Crippen molar-refractivity contribution in [3.63, 3.8) is 0 Å². The summed E-state index contributed by atoms with van der Waals surface area (Å²) in [6.45, 7) is 8.79. The number of likely N-dealkylation sites (tertiary alicyclic amines) is 2. The van der Waals surface area contributed by atoms with Gasteiger partial charge in [0.15, 0.2) is 0 Å². The highest BCUT2D eigenvalue weighted by molar-refractivity contribution is 7.18. The van der Waals surface area contributed by atoms with Gasteiger partial charge in [-0.15, -0.1) is 11.3 Å². The lowest BCUT2D eigenvalue weighted by Crippen LogP contribution is -2.51. The van der Waals surface area contributed by atoms with Crippen molar-refractivity contribution in [3.8, 4) is 32.3 Å². The molecule has 0 radical (unpaired) electrons. The maximum absolute atomic E-state index is 13.5. The first-order valence-electron chi connectivity index (χ1n) is 18.1. The van der Waals surface area contributed by atoms with Gasteiger partial charge in [0.25, 0.3) is 0 Å². The van der Waals surface area contributed by atoms with Crippen molar-refractivity contribution in [1.29, 1.82) is 0 Å². The Labute approximate surface area is 313 Å². The third kappa shape index (κ3) is 8.09. The van der Waals surface area contributed by atoms with E-state index in [4.69, 9.17) is 9.47 Å². The van der Waals surface area contributed by atoms with Gasteiger partial charge in [-0.05, 0) is 60.8 Å². The number of aromatic nitrogens is 4. The van der Waals surface area contributed by atoms with Crippen LogP contribution >= 0.6 is 11.3 Å². The molecule has 2 fully saturated rings. The van der Waals surface area contributed by atoms with Gasteiger partial charge in [-0.25, -0.2) is 19.6 Å². The molecule has 2 aliphatic rings. The van der Waals surface area contributed by atoms with Gasteiger partial charge in [-0.3, -0.25) is 9.59 Å². The molecule has 2 aliphatic heterocycles. The second-order valence-electron chi connectivity index (χ2n) is 14.2. The minimum Gasteiger partial charge on any atom is -0.453 e. The van der Waals surface area contributed by atoms with Crippen molar-refractivity contribution in [2.45, 2.75) is 77.5 Å². The van der Waals surface area contributed by atoms with E-state index in [1.165, 1.54) is 14.2 Å². The summed E-state index contributed by atoms with van der Waals surface area (Å²) in [4.78, 5) is 72.9. The summed E-state index contributed by atoms with van der Waals surface area (Å²) in [5, 5.41) is 5.39. The van der Waals surface area contributed by atoms with Gasteiger partial charge < -0.3 is 39.9 Å². The average Bonchev–Trinajstić information content (AvgIpc) is 4.00. The topological polar surface area (TPSA) is 175 Å². The zero-order valence-electron chi connectivity index (χ0n) is 31.0. The van der Waals surface area contributed by atoms with E-state index in [2.05, 4.69) is 67.0 Å². The maximum Gasteiger partial charge on any atom is 0.407 e. The Morgan fingerprint density at radius 2 is 1.15 bits per heavy atom. The molecule has 3 aromatic heterocycles. The normalized spacial score (nSPS) is 18.3. The number of carbonyl (C=O) groups excluding carboxylic acids is 4. The number of thiophene rings is 1. The Balaban J connectivity index is 1.12. The minimum atomic E-state index is -0.688. The number of rotatable bonds is 11. The van der Waals surface area contributed by atoms with Crippen molar-refractivity contribution in [1.82, 2.24) is 40.4 Å². The number of aromatic amines is 2. The lowest BCUT2D eigenvalue weighted by Gasteiger charge is -2.30. The number of amides is 4. The summed E-state index contributed by atoms with van der Waals surface area (Å²) in [5.74, 6) is 0.962. The van der Waals surface area contributed by atoms with E-state index >= 15 is 0 Å². The van der Waals surface area contributed by atoms with Crippen LogP contribution in [0.4, 0.5) is 9.59 Å². The van der Waals surface area contributed by atoms with Crippen molar-refractivity contribution >= 4 is 35.3 Å². The molecule has 5 heterocycles. The van der Waals surface area contributed by atoms with Crippen molar-refractivity contribution in [2.75, 3.05) is 27.3 Å². The molecule has 0 bridgehead atoms. The molecule has 15 heteroatoms. The molecule has 0 saturated carbocycles. The Morgan fingerprint density at radius 3 is 1.64 bits per heavy atom. The first kappa shape index (κ1) is 37.6. The summed E-state index contributed by atoms with van der Waals surface area (Å²) >= 11 is 1.65. The highest BCUT2D eigenvalue weighted by Crippen LogP contribution is 2.38. The summed E-state index contributed by atoms with van der Waals surface area (Å²) in [5.41, 5.74) is 3.78. The van der Waals surface area contributed by atoms with Crippen molar-refractivity contribution in [2.24, 2.45) is 11.8 Å². The van der Waals surface area contributed by atoms with E-state index in [1.807, 2.05) is 38.8 Å². The monoisotopic (exact) mass is 744 g/mol. The fourth-order valence-corrected chi connectivity index (χ4v) is 8.10. The standard InChI is InChI=1S/C38H48N8O6S/c1-21(2)31(43-37(49)51-5)35(47)45-17-7-9-27(45)33-39-19-25(41-33)23-11-13-24(14-12-23)29-15-16-30(53-29)26-20-40-34(42-26)28-10-8-18-46(28)36(48)32(22(3)4)44-38(50)52-6/h11-16,19-22,27-28,31-32H,7-10,17-18H2,1-6H3,(H,39,41)(H,40,42)(H,43,49)(H,44,50)/t27-,28-,31-,32-/m0/s1. The largest absolute Gasteiger partial charge is 0.453 e. The smallest absolute Gasteiger partial charge is 0.407 e.